The Kier molecular flexibility index (Phi) is 0.947. The van der Waals surface area contributed by atoms with Crippen molar-refractivity contribution < 1.29 is 0 Å². The average molecular weight is 124 g/mol. The van der Waals surface area contributed by atoms with Crippen LogP contribution in [-0.2, 0) is 12.8 Å². The van der Waals surface area contributed by atoms with E-state index in [2.05, 4.69) is 11.9 Å². The van der Waals surface area contributed by atoms with Gasteiger partial charge >= 0.3 is 0 Å². The Morgan fingerprint density at radius 1 is 1.38 bits per heavy atom. The topological polar surface area (TPSA) is 0 Å². The molecule has 1 atom stereocenters. The van der Waals surface area contributed by atoms with Gasteiger partial charge in [-0.2, -0.15) is 0 Å². The lowest BCUT2D eigenvalue weighted by atomic mass is 10.3. The van der Waals surface area contributed by atoms with Gasteiger partial charge in [-0.15, -0.1) is 8.19 Å². The quantitative estimate of drug-likeness (QED) is 0.497. The van der Waals surface area contributed by atoms with Crippen LogP contribution in [0.2, 0.25) is 0 Å². The van der Waals surface area contributed by atoms with Crippen LogP contribution in [0.3, 0.4) is 0 Å². The Hall–Kier alpha value is -0.220. The van der Waals surface area contributed by atoms with Gasteiger partial charge in [-0.3, -0.25) is 0 Å². The maximum atomic E-state index is 2.31. The standard InChI is InChI=1S/C7H9P/c1-2-6-4-5-8-7(6)3-1/h4-5,8H,1-3H2. The first-order valence-corrected chi connectivity index (χ1v) is 4.20. The highest BCUT2D eigenvalue weighted by atomic mass is 31.0. The third-order valence-electron chi connectivity index (χ3n) is 1.80. The van der Waals surface area contributed by atoms with Crippen molar-refractivity contribution in [1.82, 2.24) is 0 Å². The Balaban J connectivity index is 2.54. The van der Waals surface area contributed by atoms with Gasteiger partial charge in [0.05, 0.1) is 0 Å². The molecule has 1 unspecified atom stereocenters. The molecule has 0 fully saturated rings. The van der Waals surface area contributed by atoms with Crippen LogP contribution >= 0.6 is 8.19 Å². The molecular formula is C7H9P. The summed E-state index contributed by atoms with van der Waals surface area (Å²) in [6, 6.07) is 2.31. The minimum Gasteiger partial charge on any atom is -0.136 e. The molecule has 1 aromatic heterocycles. The molecule has 0 spiro atoms. The zero-order valence-corrected chi connectivity index (χ0v) is 5.78. The Morgan fingerprint density at radius 2 is 2.38 bits per heavy atom. The molecule has 1 heterocycles. The number of fused-ring (bicyclic) bond motifs is 1. The molecule has 8 heavy (non-hydrogen) atoms. The Morgan fingerprint density at radius 3 is 3.25 bits per heavy atom. The first kappa shape index (κ1) is 4.64. The van der Waals surface area contributed by atoms with Crippen molar-refractivity contribution >= 4 is 8.19 Å². The molecule has 1 heteroatoms. The molecule has 0 aliphatic heterocycles. The van der Waals surface area contributed by atoms with E-state index in [1.165, 1.54) is 19.3 Å². The Bertz CT molecular complexity index is 170. The summed E-state index contributed by atoms with van der Waals surface area (Å²) in [5.41, 5.74) is 1.66. The monoisotopic (exact) mass is 124 g/mol. The van der Waals surface area contributed by atoms with Crippen molar-refractivity contribution in [3.8, 4) is 0 Å². The number of aryl methyl sites for hydroxylation is 2. The Labute approximate surface area is 51.0 Å². The number of hydrogen-bond acceptors (Lipinski definition) is 0. The molecule has 0 N–H and O–H groups in total. The molecule has 0 saturated heterocycles. The summed E-state index contributed by atoms with van der Waals surface area (Å²) in [6.45, 7) is 0. The van der Waals surface area contributed by atoms with E-state index < -0.39 is 0 Å². The third kappa shape index (κ3) is 0.530. The maximum absolute atomic E-state index is 2.31. The van der Waals surface area contributed by atoms with Crippen molar-refractivity contribution in [3.05, 3.63) is 22.7 Å². The van der Waals surface area contributed by atoms with Crippen LogP contribution in [0.4, 0.5) is 0 Å². The highest BCUT2D eigenvalue weighted by Crippen LogP contribution is 2.29. The average Bonchev–Trinajstić information content (AvgIpc) is 2.15. The predicted octanol–water partition coefficient (Wildman–Crippen LogP) is 2.21. The summed E-state index contributed by atoms with van der Waals surface area (Å²) in [7, 11) is 1.04. The van der Waals surface area contributed by atoms with E-state index >= 15 is 0 Å². The van der Waals surface area contributed by atoms with Crippen molar-refractivity contribution in [2.24, 2.45) is 0 Å². The first-order valence-electron chi connectivity index (χ1n) is 3.12. The smallest absolute Gasteiger partial charge is 0.0238 e. The van der Waals surface area contributed by atoms with Gasteiger partial charge in [0.1, 0.15) is 0 Å². The second kappa shape index (κ2) is 1.63. The van der Waals surface area contributed by atoms with Crippen molar-refractivity contribution in [2.75, 3.05) is 0 Å². The van der Waals surface area contributed by atoms with Gasteiger partial charge in [-0.1, -0.05) is 6.07 Å². The van der Waals surface area contributed by atoms with Crippen LogP contribution in [0.5, 0.6) is 0 Å². The second-order valence-corrected chi connectivity index (χ2v) is 3.56. The van der Waals surface area contributed by atoms with Gasteiger partial charge in [0, 0.05) is 0 Å². The molecule has 2 rings (SSSR count). The summed E-state index contributed by atoms with van der Waals surface area (Å²) in [4.78, 5) is 0. The molecule has 42 valence electrons. The fourth-order valence-electron chi connectivity index (χ4n) is 1.36. The zero-order chi connectivity index (χ0) is 5.40. The van der Waals surface area contributed by atoms with Gasteiger partial charge in [-0.05, 0) is 35.9 Å². The molecule has 0 saturated carbocycles. The van der Waals surface area contributed by atoms with E-state index in [9.17, 15) is 0 Å². The lowest BCUT2D eigenvalue weighted by molar-refractivity contribution is 0.915. The SMILES string of the molecule is c1cc2c([pH]1)CCC2. The molecule has 1 aromatic rings. The zero-order valence-electron chi connectivity index (χ0n) is 4.78. The van der Waals surface area contributed by atoms with Crippen LogP contribution < -0.4 is 0 Å². The van der Waals surface area contributed by atoms with E-state index in [-0.39, 0.29) is 0 Å². The van der Waals surface area contributed by atoms with E-state index in [4.69, 9.17) is 0 Å². The molecule has 0 bridgehead atoms. The van der Waals surface area contributed by atoms with E-state index in [1.54, 1.807) is 10.9 Å². The minimum atomic E-state index is 1.04. The molecule has 0 aromatic carbocycles. The summed E-state index contributed by atoms with van der Waals surface area (Å²) >= 11 is 0. The predicted molar refractivity (Wildman–Crippen MR) is 38.0 cm³/mol. The van der Waals surface area contributed by atoms with Gasteiger partial charge in [-0.25, -0.2) is 0 Å². The molecular weight excluding hydrogens is 115 g/mol. The molecule has 0 amide bonds. The highest BCUT2D eigenvalue weighted by Gasteiger charge is 2.08. The van der Waals surface area contributed by atoms with Gasteiger partial charge in [0.25, 0.3) is 0 Å². The van der Waals surface area contributed by atoms with Crippen LogP contribution in [-0.4, -0.2) is 0 Å². The summed E-state index contributed by atoms with van der Waals surface area (Å²) in [5, 5.41) is 1.74. The minimum absolute atomic E-state index is 1.04. The van der Waals surface area contributed by atoms with E-state index in [0.717, 1.165) is 8.19 Å². The van der Waals surface area contributed by atoms with Gasteiger partial charge < -0.3 is 0 Å². The van der Waals surface area contributed by atoms with Crippen LogP contribution in [0.1, 0.15) is 17.3 Å². The summed E-state index contributed by atoms with van der Waals surface area (Å²) in [6.07, 6.45) is 4.17. The number of rotatable bonds is 0. The third-order valence-corrected chi connectivity index (χ3v) is 3.06. The van der Waals surface area contributed by atoms with Crippen LogP contribution in [0, 0.1) is 0 Å². The summed E-state index contributed by atoms with van der Waals surface area (Å²) < 4.78 is 0. The first-order chi connectivity index (χ1) is 3.97. The second-order valence-electron chi connectivity index (χ2n) is 2.34. The lowest BCUT2D eigenvalue weighted by Crippen LogP contribution is -1.66. The largest absolute Gasteiger partial charge is 0.136 e. The van der Waals surface area contributed by atoms with Crippen LogP contribution in [0.25, 0.3) is 0 Å². The normalized spacial score (nSPS) is 17.5. The fraction of sp³-hybridized carbons (Fsp3) is 0.429. The highest BCUT2D eigenvalue weighted by molar-refractivity contribution is 7.30. The van der Waals surface area contributed by atoms with Crippen molar-refractivity contribution in [3.63, 3.8) is 0 Å². The number of hydrogen-bond donors (Lipinski definition) is 0. The van der Waals surface area contributed by atoms with Gasteiger partial charge in [0.2, 0.25) is 0 Å². The molecule has 1 aliphatic carbocycles. The summed E-state index contributed by atoms with van der Waals surface area (Å²) in [5.74, 6) is 2.31. The molecule has 1 aliphatic rings. The van der Waals surface area contributed by atoms with Crippen LogP contribution in [0.15, 0.2) is 11.9 Å². The fourth-order valence-corrected chi connectivity index (χ4v) is 2.56. The van der Waals surface area contributed by atoms with E-state index in [1.807, 2.05) is 0 Å². The van der Waals surface area contributed by atoms with Gasteiger partial charge in [0.15, 0.2) is 0 Å². The molecule has 0 radical (unpaired) electrons. The van der Waals surface area contributed by atoms with Crippen molar-refractivity contribution in [1.29, 1.82) is 0 Å². The maximum Gasteiger partial charge on any atom is -0.0238 e. The van der Waals surface area contributed by atoms with E-state index in [0.29, 0.717) is 0 Å². The van der Waals surface area contributed by atoms with Crippen molar-refractivity contribution in [2.45, 2.75) is 19.3 Å². The lowest BCUT2D eigenvalue weighted by Gasteiger charge is -1.80. The molecule has 0 nitrogen and oxygen atoms in total.